The molecule has 0 bridgehead atoms. The highest BCUT2D eigenvalue weighted by Gasteiger charge is 2.30. The Hall–Kier alpha value is -3.71. The maximum absolute atomic E-state index is 13.1. The van der Waals surface area contributed by atoms with Crippen LogP contribution in [0.25, 0.3) is 0 Å². The van der Waals surface area contributed by atoms with E-state index >= 15 is 0 Å². The number of benzene rings is 1. The molecule has 10 N–H and O–H groups in total. The Morgan fingerprint density at radius 2 is 1.39 bits per heavy atom. The third-order valence-corrected chi connectivity index (χ3v) is 5.26. The number of rotatable bonds is 16. The molecular formula is C23H35N5O8. The van der Waals surface area contributed by atoms with Gasteiger partial charge in [-0.05, 0) is 56.8 Å². The van der Waals surface area contributed by atoms with Gasteiger partial charge in [-0.15, -0.1) is 0 Å². The van der Waals surface area contributed by atoms with Gasteiger partial charge in [0.05, 0.1) is 6.04 Å². The van der Waals surface area contributed by atoms with Gasteiger partial charge in [0.2, 0.25) is 17.7 Å². The van der Waals surface area contributed by atoms with E-state index < -0.39 is 60.2 Å². The Balaban J connectivity index is 3.12. The van der Waals surface area contributed by atoms with Crippen molar-refractivity contribution in [1.29, 1.82) is 0 Å². The summed E-state index contributed by atoms with van der Waals surface area (Å²) < 4.78 is 0. The van der Waals surface area contributed by atoms with Crippen LogP contribution in [0.2, 0.25) is 0 Å². The van der Waals surface area contributed by atoms with Crippen molar-refractivity contribution in [3.05, 3.63) is 29.8 Å². The molecule has 1 rings (SSSR count). The predicted octanol–water partition coefficient (Wildman–Crippen LogP) is -1.19. The summed E-state index contributed by atoms with van der Waals surface area (Å²) in [4.78, 5) is 60.6. The lowest BCUT2D eigenvalue weighted by Gasteiger charge is -2.25. The molecule has 0 heterocycles. The second-order valence-electron chi connectivity index (χ2n) is 8.40. The number of carbonyl (C=O) groups is 5. The molecule has 0 spiro atoms. The van der Waals surface area contributed by atoms with Crippen molar-refractivity contribution in [3.63, 3.8) is 0 Å². The standard InChI is InChI=1S/C23H35N5O8/c1-13(25)20(32)26-16(4-2-3-11-24)21(33)28-18(12-14-5-7-15(29)8-6-14)22(34)27-17(23(35)36)9-10-19(30)31/h5-8,13,16-18,29H,2-4,9-12,24-25H2,1H3,(H,26,32)(H,27,34)(H,28,33)(H,30,31)(H,35,36). The number of nitrogens with two attached hydrogens (primary N) is 2. The summed E-state index contributed by atoms with van der Waals surface area (Å²) >= 11 is 0. The third kappa shape index (κ3) is 11.1. The van der Waals surface area contributed by atoms with Crippen molar-refractivity contribution in [1.82, 2.24) is 16.0 Å². The Kier molecular flexibility index (Phi) is 12.9. The van der Waals surface area contributed by atoms with Crippen LogP contribution >= 0.6 is 0 Å². The first-order chi connectivity index (χ1) is 16.9. The lowest BCUT2D eigenvalue weighted by Crippen LogP contribution is -2.57. The van der Waals surface area contributed by atoms with Crippen LogP contribution in [0.3, 0.4) is 0 Å². The number of unbranched alkanes of at least 4 members (excludes halogenated alkanes) is 1. The van der Waals surface area contributed by atoms with Crippen molar-refractivity contribution < 1.29 is 39.3 Å². The van der Waals surface area contributed by atoms with Gasteiger partial charge in [-0.25, -0.2) is 4.79 Å². The molecule has 36 heavy (non-hydrogen) atoms. The molecule has 0 saturated heterocycles. The van der Waals surface area contributed by atoms with Crippen LogP contribution in [-0.2, 0) is 30.4 Å². The zero-order chi connectivity index (χ0) is 27.3. The smallest absolute Gasteiger partial charge is 0.326 e. The van der Waals surface area contributed by atoms with Crippen LogP contribution < -0.4 is 27.4 Å². The van der Waals surface area contributed by atoms with E-state index in [1.807, 2.05) is 0 Å². The van der Waals surface area contributed by atoms with Crippen molar-refractivity contribution in [3.8, 4) is 5.75 Å². The van der Waals surface area contributed by atoms with Crippen LogP contribution in [0.5, 0.6) is 5.75 Å². The van der Waals surface area contributed by atoms with E-state index in [9.17, 15) is 34.2 Å². The monoisotopic (exact) mass is 509 g/mol. The first kappa shape index (κ1) is 30.3. The maximum Gasteiger partial charge on any atom is 0.326 e. The summed E-state index contributed by atoms with van der Waals surface area (Å²) in [6, 6.07) is 1.16. The number of carbonyl (C=O) groups excluding carboxylic acids is 3. The average Bonchev–Trinajstić information content (AvgIpc) is 2.81. The van der Waals surface area contributed by atoms with E-state index in [-0.39, 0.29) is 25.0 Å². The summed E-state index contributed by atoms with van der Waals surface area (Å²) in [5, 5.41) is 35.1. The highest BCUT2D eigenvalue weighted by molar-refractivity contribution is 5.94. The van der Waals surface area contributed by atoms with Gasteiger partial charge >= 0.3 is 11.9 Å². The van der Waals surface area contributed by atoms with E-state index in [1.165, 1.54) is 31.2 Å². The highest BCUT2D eigenvalue weighted by atomic mass is 16.4. The Labute approximate surface area is 208 Å². The normalized spacial score (nSPS) is 14.1. The number of aromatic hydroxyl groups is 1. The number of carboxylic acids is 2. The van der Waals surface area contributed by atoms with Crippen molar-refractivity contribution in [2.45, 2.75) is 69.6 Å². The van der Waals surface area contributed by atoms with Crippen molar-refractivity contribution >= 4 is 29.7 Å². The number of amides is 3. The number of phenols is 1. The van der Waals surface area contributed by atoms with E-state index in [2.05, 4.69) is 16.0 Å². The highest BCUT2D eigenvalue weighted by Crippen LogP contribution is 2.12. The predicted molar refractivity (Wildman–Crippen MR) is 129 cm³/mol. The van der Waals surface area contributed by atoms with Gasteiger partial charge in [0, 0.05) is 12.8 Å². The van der Waals surface area contributed by atoms with E-state index in [4.69, 9.17) is 16.6 Å². The molecular weight excluding hydrogens is 474 g/mol. The number of aliphatic carboxylic acids is 2. The minimum Gasteiger partial charge on any atom is -0.508 e. The number of hydrogen-bond donors (Lipinski definition) is 8. The molecule has 0 aromatic heterocycles. The molecule has 13 heteroatoms. The molecule has 3 amide bonds. The Bertz CT molecular complexity index is 906. The summed E-state index contributed by atoms with van der Waals surface area (Å²) in [5.41, 5.74) is 11.6. The molecule has 4 unspecified atom stereocenters. The SMILES string of the molecule is CC(N)C(=O)NC(CCCCN)C(=O)NC(Cc1ccc(O)cc1)C(=O)NC(CCC(=O)O)C(=O)O. The number of nitrogens with one attached hydrogen (secondary N) is 3. The molecule has 200 valence electrons. The van der Waals surface area contributed by atoms with Crippen LogP contribution in [0.15, 0.2) is 24.3 Å². The first-order valence-corrected chi connectivity index (χ1v) is 11.5. The molecule has 4 atom stereocenters. The van der Waals surface area contributed by atoms with Crippen LogP contribution in [0.1, 0.15) is 44.6 Å². The molecule has 1 aromatic rings. The maximum atomic E-state index is 13.1. The summed E-state index contributed by atoms with van der Waals surface area (Å²) in [7, 11) is 0. The Morgan fingerprint density at radius 1 is 0.833 bits per heavy atom. The van der Waals surface area contributed by atoms with Gasteiger partial charge < -0.3 is 42.7 Å². The minimum atomic E-state index is -1.49. The van der Waals surface area contributed by atoms with Gasteiger partial charge in [0.15, 0.2) is 0 Å². The van der Waals surface area contributed by atoms with Crippen LogP contribution in [-0.4, -0.2) is 75.7 Å². The fraction of sp³-hybridized carbons (Fsp3) is 0.522. The second kappa shape index (κ2) is 15.3. The fourth-order valence-corrected chi connectivity index (χ4v) is 3.21. The molecule has 1 aromatic carbocycles. The van der Waals surface area contributed by atoms with Gasteiger partial charge in [-0.3, -0.25) is 19.2 Å². The number of hydrogen-bond acceptors (Lipinski definition) is 8. The molecule has 0 saturated carbocycles. The fourth-order valence-electron chi connectivity index (χ4n) is 3.21. The zero-order valence-corrected chi connectivity index (χ0v) is 20.1. The van der Waals surface area contributed by atoms with E-state index in [0.717, 1.165) is 0 Å². The zero-order valence-electron chi connectivity index (χ0n) is 20.1. The minimum absolute atomic E-state index is 0.0121. The topological polar surface area (TPSA) is 234 Å². The number of carboxylic acid groups (broad SMARTS) is 2. The quantitative estimate of drug-likeness (QED) is 0.124. The van der Waals surface area contributed by atoms with Gasteiger partial charge in [-0.1, -0.05) is 12.1 Å². The molecule has 0 aliphatic rings. The lowest BCUT2D eigenvalue weighted by atomic mass is 10.0. The van der Waals surface area contributed by atoms with E-state index in [0.29, 0.717) is 24.9 Å². The molecule has 13 nitrogen and oxygen atoms in total. The lowest BCUT2D eigenvalue weighted by molar-refractivity contribution is -0.143. The van der Waals surface area contributed by atoms with Crippen molar-refractivity contribution in [2.75, 3.05) is 6.54 Å². The molecule has 0 radical (unpaired) electrons. The first-order valence-electron chi connectivity index (χ1n) is 11.5. The van der Waals surface area contributed by atoms with Crippen LogP contribution in [0, 0.1) is 0 Å². The summed E-state index contributed by atoms with van der Waals surface area (Å²) in [5.74, 6) is -4.77. The van der Waals surface area contributed by atoms with Crippen LogP contribution in [0.4, 0.5) is 0 Å². The third-order valence-electron chi connectivity index (χ3n) is 5.26. The summed E-state index contributed by atoms with van der Waals surface area (Å²) in [6.07, 6.45) is 0.421. The van der Waals surface area contributed by atoms with Crippen molar-refractivity contribution in [2.24, 2.45) is 11.5 Å². The average molecular weight is 510 g/mol. The van der Waals surface area contributed by atoms with Gasteiger partial charge in [0.25, 0.3) is 0 Å². The van der Waals surface area contributed by atoms with E-state index in [1.54, 1.807) is 0 Å². The molecule has 0 fully saturated rings. The molecule has 0 aliphatic heterocycles. The molecule has 0 aliphatic carbocycles. The second-order valence-corrected chi connectivity index (χ2v) is 8.40. The summed E-state index contributed by atoms with van der Waals surface area (Å²) in [6.45, 7) is 1.84. The number of phenolic OH excluding ortho intramolecular Hbond substituents is 1. The Morgan fingerprint density at radius 3 is 1.92 bits per heavy atom. The van der Waals surface area contributed by atoms with Gasteiger partial charge in [0.1, 0.15) is 23.9 Å². The largest absolute Gasteiger partial charge is 0.508 e. The van der Waals surface area contributed by atoms with Gasteiger partial charge in [-0.2, -0.15) is 0 Å².